The third-order valence-corrected chi connectivity index (χ3v) is 4.81. The highest BCUT2D eigenvalue weighted by atomic mass is 19.1. The van der Waals surface area contributed by atoms with Crippen LogP contribution in [-0.2, 0) is 0 Å². The van der Waals surface area contributed by atoms with Crippen molar-refractivity contribution in [3.63, 3.8) is 0 Å². The quantitative estimate of drug-likeness (QED) is 0.345. The first kappa shape index (κ1) is 20.0. The zero-order valence-electron chi connectivity index (χ0n) is 16.4. The van der Waals surface area contributed by atoms with E-state index in [9.17, 15) is 19.3 Å². The number of imidazole rings is 1. The van der Waals surface area contributed by atoms with Crippen LogP contribution in [0.25, 0.3) is 5.65 Å². The van der Waals surface area contributed by atoms with Gasteiger partial charge in [0.25, 0.3) is 5.91 Å². The minimum absolute atomic E-state index is 0.134. The smallest absolute Gasteiger partial charge is 0.358 e. The first-order valence-electron chi connectivity index (χ1n) is 9.47. The summed E-state index contributed by atoms with van der Waals surface area (Å²) >= 11 is 0. The van der Waals surface area contributed by atoms with Gasteiger partial charge in [-0.2, -0.15) is 9.38 Å². The molecular weight excluding hydrogens is 401 g/mol. The Bertz CT molecular complexity index is 1250. The van der Waals surface area contributed by atoms with E-state index >= 15 is 0 Å². The van der Waals surface area contributed by atoms with E-state index in [1.165, 1.54) is 28.7 Å². The highest BCUT2D eigenvalue weighted by Crippen LogP contribution is 2.29. The van der Waals surface area contributed by atoms with Gasteiger partial charge < -0.3 is 20.7 Å². The predicted molar refractivity (Wildman–Crippen MR) is 115 cm³/mol. The van der Waals surface area contributed by atoms with Crippen LogP contribution < -0.4 is 10.6 Å². The van der Waals surface area contributed by atoms with Gasteiger partial charge in [-0.25, -0.2) is 4.39 Å². The van der Waals surface area contributed by atoms with E-state index in [0.29, 0.717) is 16.9 Å². The number of benzene rings is 2. The monoisotopic (exact) mass is 419 g/mol. The molecule has 1 atom stereocenters. The van der Waals surface area contributed by atoms with Gasteiger partial charge in [0.1, 0.15) is 5.82 Å². The van der Waals surface area contributed by atoms with Crippen molar-refractivity contribution in [1.82, 2.24) is 9.38 Å². The van der Waals surface area contributed by atoms with E-state index in [2.05, 4.69) is 15.6 Å². The number of rotatable bonds is 6. The van der Waals surface area contributed by atoms with Crippen LogP contribution in [0.4, 0.5) is 21.7 Å². The van der Waals surface area contributed by atoms with Crippen molar-refractivity contribution in [2.45, 2.75) is 13.0 Å². The molecule has 8 nitrogen and oxygen atoms in total. The summed E-state index contributed by atoms with van der Waals surface area (Å²) < 4.78 is 14.4. The minimum Gasteiger partial charge on any atom is -0.358 e. The van der Waals surface area contributed by atoms with Gasteiger partial charge in [0.15, 0.2) is 0 Å². The Hall–Kier alpha value is -4.27. The Morgan fingerprint density at radius 3 is 2.48 bits per heavy atom. The van der Waals surface area contributed by atoms with E-state index in [0.717, 1.165) is 5.56 Å². The highest BCUT2D eigenvalue weighted by Gasteiger charge is 2.23. The van der Waals surface area contributed by atoms with E-state index in [-0.39, 0.29) is 23.6 Å². The van der Waals surface area contributed by atoms with E-state index in [1.54, 1.807) is 48.7 Å². The number of hydrogen-bond acceptors (Lipinski definition) is 5. The fourth-order valence-corrected chi connectivity index (χ4v) is 3.20. The highest BCUT2D eigenvalue weighted by molar-refractivity contribution is 6.04. The number of amides is 1. The van der Waals surface area contributed by atoms with Gasteiger partial charge in [-0.1, -0.05) is 18.2 Å². The van der Waals surface area contributed by atoms with Crippen molar-refractivity contribution in [2.75, 3.05) is 10.6 Å². The molecule has 0 saturated heterocycles. The zero-order chi connectivity index (χ0) is 22.0. The molecule has 0 radical (unpaired) electrons. The third-order valence-electron chi connectivity index (χ3n) is 4.81. The molecule has 2 heterocycles. The molecule has 9 heteroatoms. The van der Waals surface area contributed by atoms with Crippen LogP contribution in [0.3, 0.4) is 0 Å². The van der Waals surface area contributed by atoms with Crippen LogP contribution in [-0.4, -0.2) is 20.2 Å². The maximum absolute atomic E-state index is 13.0. The molecule has 2 aromatic heterocycles. The second kappa shape index (κ2) is 8.23. The van der Waals surface area contributed by atoms with Gasteiger partial charge in [-0.3, -0.25) is 4.79 Å². The summed E-state index contributed by atoms with van der Waals surface area (Å²) in [7, 11) is 0. The zero-order valence-corrected chi connectivity index (χ0v) is 16.4. The summed E-state index contributed by atoms with van der Waals surface area (Å²) in [5.74, 6) is -0.712. The molecular formula is C22H18FN5O3. The molecule has 4 rings (SSSR count). The summed E-state index contributed by atoms with van der Waals surface area (Å²) in [6, 6.07) is 17.2. The molecule has 0 unspecified atom stereocenters. The fraction of sp³-hybridized carbons (Fsp3) is 0.0909. The molecule has 1 amide bonds. The maximum Gasteiger partial charge on any atom is 0.372 e. The topological polar surface area (TPSA) is 102 Å². The largest absolute Gasteiger partial charge is 0.372 e. The van der Waals surface area contributed by atoms with Gasteiger partial charge in [0.2, 0.25) is 11.5 Å². The van der Waals surface area contributed by atoms with E-state index < -0.39 is 10.7 Å². The number of nitrogens with one attached hydrogen (secondary N) is 2. The van der Waals surface area contributed by atoms with Gasteiger partial charge in [0.05, 0.1) is 12.2 Å². The standard InChI is InChI=1S/C22H18FN5O3/c1-14(24-20-22(28(30)31)27-13-3-2-4-19(27)26-20)15-7-11-18(12-8-15)25-21(29)16-5-9-17(23)10-6-16/h2-14,24H,1H3,(H,25,29)/t14-/m0/s1. The molecule has 0 aliphatic carbocycles. The van der Waals surface area contributed by atoms with Crippen molar-refractivity contribution in [2.24, 2.45) is 0 Å². The summed E-state index contributed by atoms with van der Waals surface area (Å²) in [6.07, 6.45) is 1.59. The summed E-state index contributed by atoms with van der Waals surface area (Å²) in [6.45, 7) is 1.86. The summed E-state index contributed by atoms with van der Waals surface area (Å²) in [5.41, 5.74) is 2.25. The lowest BCUT2D eigenvalue weighted by molar-refractivity contribution is -0.389. The normalized spacial score (nSPS) is 11.8. The lowest BCUT2D eigenvalue weighted by Crippen LogP contribution is -2.12. The van der Waals surface area contributed by atoms with Crippen LogP contribution in [0.2, 0.25) is 0 Å². The fourth-order valence-electron chi connectivity index (χ4n) is 3.20. The molecule has 156 valence electrons. The number of aromatic nitrogens is 2. The number of carbonyl (C=O) groups is 1. The number of halogens is 1. The van der Waals surface area contributed by atoms with Crippen LogP contribution in [0.15, 0.2) is 72.9 Å². The van der Waals surface area contributed by atoms with Crippen LogP contribution >= 0.6 is 0 Å². The second-order valence-electron chi connectivity index (χ2n) is 6.92. The number of anilines is 2. The van der Waals surface area contributed by atoms with Crippen LogP contribution in [0.5, 0.6) is 0 Å². The van der Waals surface area contributed by atoms with Gasteiger partial charge >= 0.3 is 5.82 Å². The molecule has 4 aromatic rings. The Balaban J connectivity index is 1.49. The SMILES string of the molecule is C[C@H](Nc1nc2ccccn2c1[N+](=O)[O-])c1ccc(NC(=O)c2ccc(F)cc2)cc1. The second-order valence-corrected chi connectivity index (χ2v) is 6.92. The number of fused-ring (bicyclic) bond motifs is 1. The van der Waals surface area contributed by atoms with Crippen molar-refractivity contribution >= 4 is 28.9 Å². The van der Waals surface area contributed by atoms with Gasteiger partial charge in [-0.15, -0.1) is 0 Å². The minimum atomic E-state index is -0.469. The summed E-state index contributed by atoms with van der Waals surface area (Å²) in [4.78, 5) is 27.6. The Morgan fingerprint density at radius 1 is 1.10 bits per heavy atom. The van der Waals surface area contributed by atoms with E-state index in [1.807, 2.05) is 6.92 Å². The lowest BCUT2D eigenvalue weighted by atomic mass is 10.1. The van der Waals surface area contributed by atoms with Gasteiger partial charge in [-0.05, 0) is 59.9 Å². The van der Waals surface area contributed by atoms with Crippen molar-refractivity contribution in [1.29, 1.82) is 0 Å². The molecule has 0 saturated carbocycles. The number of nitro groups is 1. The van der Waals surface area contributed by atoms with E-state index in [4.69, 9.17) is 0 Å². The maximum atomic E-state index is 13.0. The number of pyridine rings is 1. The average molecular weight is 419 g/mol. The molecule has 2 N–H and O–H groups in total. The number of carbonyl (C=O) groups excluding carboxylic acids is 1. The van der Waals surface area contributed by atoms with Crippen molar-refractivity contribution in [3.8, 4) is 0 Å². The van der Waals surface area contributed by atoms with Gasteiger partial charge in [0, 0.05) is 17.3 Å². The average Bonchev–Trinajstić information content (AvgIpc) is 3.12. The molecule has 0 aliphatic heterocycles. The molecule has 0 fully saturated rings. The molecule has 0 bridgehead atoms. The number of nitrogens with zero attached hydrogens (tertiary/aromatic N) is 3. The summed E-state index contributed by atoms with van der Waals surface area (Å²) in [5, 5.41) is 17.4. The Morgan fingerprint density at radius 2 is 1.81 bits per heavy atom. The first-order chi connectivity index (χ1) is 14.9. The third kappa shape index (κ3) is 4.20. The van der Waals surface area contributed by atoms with Crippen molar-refractivity contribution < 1.29 is 14.1 Å². The molecule has 0 aliphatic rings. The lowest BCUT2D eigenvalue weighted by Gasteiger charge is -2.14. The molecule has 0 spiro atoms. The molecule has 31 heavy (non-hydrogen) atoms. The Labute approximate surface area is 176 Å². The van der Waals surface area contributed by atoms with Crippen LogP contribution in [0, 0.1) is 15.9 Å². The molecule has 2 aromatic carbocycles. The first-order valence-corrected chi connectivity index (χ1v) is 9.47. The predicted octanol–water partition coefficient (Wildman–Crippen LogP) is 4.81. The van der Waals surface area contributed by atoms with Crippen molar-refractivity contribution in [3.05, 3.63) is 100.0 Å². The van der Waals surface area contributed by atoms with Crippen LogP contribution in [0.1, 0.15) is 28.9 Å². The Kier molecular flexibility index (Phi) is 5.31. The number of hydrogen-bond donors (Lipinski definition) is 2.